The number of ether oxygens (including phenoxy) is 2. The molecule has 1 aliphatic carbocycles. The molecule has 142 valence electrons. The number of benzene rings is 2. The molecule has 0 atom stereocenters. The first-order valence-corrected chi connectivity index (χ1v) is 9.37. The second kappa shape index (κ2) is 6.95. The topological polar surface area (TPSA) is 91.2 Å². The van der Waals surface area contributed by atoms with Crippen LogP contribution in [0.15, 0.2) is 42.5 Å². The SMILES string of the molecule is O=C(Nc1cccc(-c2nnnn2C2CC2)c1)c1ccc2c(c1)OCCCO2. The lowest BCUT2D eigenvalue weighted by atomic mass is 10.1. The lowest BCUT2D eigenvalue weighted by molar-refractivity contribution is 0.102. The van der Waals surface area contributed by atoms with Gasteiger partial charge in [0.2, 0.25) is 0 Å². The van der Waals surface area contributed by atoms with Gasteiger partial charge in [0, 0.05) is 23.2 Å². The Labute approximate surface area is 161 Å². The zero-order chi connectivity index (χ0) is 18.9. The molecular weight excluding hydrogens is 358 g/mol. The number of carbonyl (C=O) groups excluding carboxylic acids is 1. The molecular formula is C20H19N5O3. The molecule has 0 saturated heterocycles. The molecule has 1 fully saturated rings. The highest BCUT2D eigenvalue weighted by atomic mass is 16.5. The van der Waals surface area contributed by atoms with Crippen LogP contribution >= 0.6 is 0 Å². The highest BCUT2D eigenvalue weighted by Crippen LogP contribution is 2.37. The van der Waals surface area contributed by atoms with E-state index in [1.165, 1.54) is 0 Å². The Morgan fingerprint density at radius 2 is 1.93 bits per heavy atom. The van der Waals surface area contributed by atoms with Crippen molar-refractivity contribution in [3.8, 4) is 22.9 Å². The van der Waals surface area contributed by atoms with Crippen LogP contribution in [0.5, 0.6) is 11.5 Å². The lowest BCUT2D eigenvalue weighted by Crippen LogP contribution is -2.12. The van der Waals surface area contributed by atoms with E-state index in [9.17, 15) is 4.79 Å². The van der Waals surface area contributed by atoms with E-state index in [1.54, 1.807) is 18.2 Å². The number of hydrogen-bond donors (Lipinski definition) is 1. The predicted molar refractivity (Wildman–Crippen MR) is 102 cm³/mol. The first kappa shape index (κ1) is 16.7. The average molecular weight is 377 g/mol. The van der Waals surface area contributed by atoms with Gasteiger partial charge >= 0.3 is 0 Å². The Kier molecular flexibility index (Phi) is 4.16. The fourth-order valence-corrected chi connectivity index (χ4v) is 3.19. The number of nitrogens with one attached hydrogen (secondary N) is 1. The lowest BCUT2D eigenvalue weighted by Gasteiger charge is -2.10. The quantitative estimate of drug-likeness (QED) is 0.751. The molecule has 1 aromatic heterocycles. The van der Waals surface area contributed by atoms with Crippen LogP contribution in [0.25, 0.3) is 11.4 Å². The van der Waals surface area contributed by atoms with Gasteiger partial charge in [-0.05, 0) is 53.6 Å². The third-order valence-electron chi connectivity index (χ3n) is 4.77. The Bertz CT molecular complexity index is 1030. The van der Waals surface area contributed by atoms with Crippen molar-refractivity contribution in [1.82, 2.24) is 20.2 Å². The number of carbonyl (C=O) groups is 1. The number of aromatic nitrogens is 4. The first-order valence-electron chi connectivity index (χ1n) is 9.37. The number of hydrogen-bond acceptors (Lipinski definition) is 6. The number of amides is 1. The molecule has 8 nitrogen and oxygen atoms in total. The smallest absolute Gasteiger partial charge is 0.255 e. The van der Waals surface area contributed by atoms with Crippen molar-refractivity contribution in [1.29, 1.82) is 0 Å². The summed E-state index contributed by atoms with van der Waals surface area (Å²) in [6, 6.07) is 13.1. The van der Waals surface area contributed by atoms with E-state index in [-0.39, 0.29) is 5.91 Å². The first-order chi connectivity index (χ1) is 13.8. The maximum absolute atomic E-state index is 12.7. The molecule has 0 unspecified atom stereocenters. The molecule has 0 spiro atoms. The molecule has 1 aliphatic heterocycles. The van der Waals surface area contributed by atoms with Gasteiger partial charge in [0.15, 0.2) is 17.3 Å². The second-order valence-corrected chi connectivity index (χ2v) is 6.93. The molecule has 28 heavy (non-hydrogen) atoms. The van der Waals surface area contributed by atoms with Crippen LogP contribution in [0, 0.1) is 0 Å². The summed E-state index contributed by atoms with van der Waals surface area (Å²) in [6.45, 7) is 1.20. The van der Waals surface area contributed by atoms with Crippen LogP contribution in [0.2, 0.25) is 0 Å². The predicted octanol–water partition coefficient (Wildman–Crippen LogP) is 3.09. The molecule has 5 rings (SSSR count). The van der Waals surface area contributed by atoms with E-state index in [1.807, 2.05) is 28.9 Å². The standard InChI is InChI=1S/C20H19N5O3/c26-20(14-5-8-17-18(12-14)28-10-2-9-27-17)21-15-4-1-3-13(11-15)19-22-23-24-25(19)16-6-7-16/h1,3-5,8,11-12,16H,2,6-7,9-10H2,(H,21,26). The van der Waals surface area contributed by atoms with Crippen LogP contribution in [-0.4, -0.2) is 39.3 Å². The van der Waals surface area contributed by atoms with Gasteiger partial charge in [-0.2, -0.15) is 0 Å². The van der Waals surface area contributed by atoms with Gasteiger partial charge in [-0.3, -0.25) is 4.79 Å². The summed E-state index contributed by atoms with van der Waals surface area (Å²) in [4.78, 5) is 12.7. The third-order valence-corrected chi connectivity index (χ3v) is 4.77. The van der Waals surface area contributed by atoms with Crippen LogP contribution in [0.1, 0.15) is 35.7 Å². The number of tetrazole rings is 1. The van der Waals surface area contributed by atoms with Gasteiger partial charge in [0.05, 0.1) is 19.3 Å². The zero-order valence-corrected chi connectivity index (χ0v) is 15.2. The third kappa shape index (κ3) is 3.28. The van der Waals surface area contributed by atoms with Crippen molar-refractivity contribution in [3.05, 3.63) is 48.0 Å². The highest BCUT2D eigenvalue weighted by Gasteiger charge is 2.28. The summed E-state index contributed by atoms with van der Waals surface area (Å²) in [5, 5.41) is 15.0. The molecule has 8 heteroatoms. The minimum absolute atomic E-state index is 0.213. The maximum Gasteiger partial charge on any atom is 0.255 e. The molecule has 0 radical (unpaired) electrons. The van der Waals surface area contributed by atoms with E-state index >= 15 is 0 Å². The summed E-state index contributed by atoms with van der Waals surface area (Å²) >= 11 is 0. The molecule has 0 bridgehead atoms. The van der Waals surface area contributed by atoms with Crippen LogP contribution in [0.4, 0.5) is 5.69 Å². The summed E-state index contributed by atoms with van der Waals surface area (Å²) in [6.07, 6.45) is 3.01. The van der Waals surface area contributed by atoms with E-state index in [2.05, 4.69) is 20.8 Å². The van der Waals surface area contributed by atoms with E-state index < -0.39 is 0 Å². The molecule has 1 N–H and O–H groups in total. The fraction of sp³-hybridized carbons (Fsp3) is 0.300. The monoisotopic (exact) mass is 377 g/mol. The summed E-state index contributed by atoms with van der Waals surface area (Å²) in [5.74, 6) is 1.77. The van der Waals surface area contributed by atoms with E-state index in [4.69, 9.17) is 9.47 Å². The van der Waals surface area contributed by atoms with Gasteiger partial charge in [0.25, 0.3) is 5.91 Å². The minimum Gasteiger partial charge on any atom is -0.490 e. The van der Waals surface area contributed by atoms with E-state index in [0.717, 1.165) is 24.8 Å². The molecule has 2 aliphatic rings. The van der Waals surface area contributed by atoms with Crippen LogP contribution < -0.4 is 14.8 Å². The second-order valence-electron chi connectivity index (χ2n) is 6.93. The summed E-state index contributed by atoms with van der Waals surface area (Å²) in [5.41, 5.74) is 2.06. The average Bonchev–Trinajstić information content (AvgIpc) is 3.49. The van der Waals surface area contributed by atoms with Gasteiger partial charge in [-0.1, -0.05) is 12.1 Å². The minimum atomic E-state index is -0.213. The van der Waals surface area contributed by atoms with Crippen molar-refractivity contribution in [2.45, 2.75) is 25.3 Å². The normalized spacial score (nSPS) is 15.7. The molecule has 1 amide bonds. The number of nitrogens with zero attached hydrogens (tertiary/aromatic N) is 4. The largest absolute Gasteiger partial charge is 0.490 e. The molecule has 2 heterocycles. The Balaban J connectivity index is 1.37. The molecule has 1 saturated carbocycles. The van der Waals surface area contributed by atoms with Crippen molar-refractivity contribution in [2.24, 2.45) is 0 Å². The van der Waals surface area contributed by atoms with Crippen molar-refractivity contribution in [3.63, 3.8) is 0 Å². The van der Waals surface area contributed by atoms with Gasteiger partial charge in [-0.15, -0.1) is 5.10 Å². The zero-order valence-electron chi connectivity index (χ0n) is 15.2. The van der Waals surface area contributed by atoms with Crippen molar-refractivity contribution < 1.29 is 14.3 Å². The summed E-state index contributed by atoms with van der Waals surface area (Å²) in [7, 11) is 0. The van der Waals surface area contributed by atoms with Crippen LogP contribution in [0.3, 0.4) is 0 Å². The summed E-state index contributed by atoms with van der Waals surface area (Å²) < 4.78 is 13.1. The van der Waals surface area contributed by atoms with Gasteiger partial charge in [-0.25, -0.2) is 4.68 Å². The van der Waals surface area contributed by atoms with Crippen molar-refractivity contribution >= 4 is 11.6 Å². The number of fused-ring (bicyclic) bond motifs is 1. The van der Waals surface area contributed by atoms with Gasteiger partial charge in [0.1, 0.15) is 0 Å². The Morgan fingerprint density at radius 3 is 2.79 bits per heavy atom. The van der Waals surface area contributed by atoms with E-state index in [0.29, 0.717) is 47.8 Å². The molecule has 3 aromatic rings. The van der Waals surface area contributed by atoms with Crippen molar-refractivity contribution in [2.75, 3.05) is 18.5 Å². The molecule has 2 aromatic carbocycles. The Hall–Kier alpha value is -3.42. The van der Waals surface area contributed by atoms with Crippen LogP contribution in [-0.2, 0) is 0 Å². The van der Waals surface area contributed by atoms with Gasteiger partial charge < -0.3 is 14.8 Å². The number of anilines is 1. The Morgan fingerprint density at radius 1 is 1.07 bits per heavy atom. The number of rotatable bonds is 4. The maximum atomic E-state index is 12.7. The highest BCUT2D eigenvalue weighted by molar-refractivity contribution is 6.04. The fourth-order valence-electron chi connectivity index (χ4n) is 3.19.